The molecule has 1 saturated carbocycles. The highest BCUT2D eigenvalue weighted by Crippen LogP contribution is 2.46. The summed E-state index contributed by atoms with van der Waals surface area (Å²) in [5.41, 5.74) is 8.93. The number of hydrogen-bond donors (Lipinski definition) is 1. The second-order valence-corrected chi connectivity index (χ2v) is 9.74. The van der Waals surface area contributed by atoms with Gasteiger partial charge in [0.2, 0.25) is 0 Å². The third kappa shape index (κ3) is 3.12. The molecule has 5 nitrogen and oxygen atoms in total. The average Bonchev–Trinajstić information content (AvgIpc) is 3.22. The molecule has 3 aromatic heterocycles. The molecule has 0 atom stereocenters. The van der Waals surface area contributed by atoms with Gasteiger partial charge in [0.15, 0.2) is 5.82 Å². The number of para-hydroxylation sites is 1. The van der Waals surface area contributed by atoms with Crippen molar-refractivity contribution in [2.45, 2.75) is 31.6 Å². The quantitative estimate of drug-likeness (QED) is 0.307. The van der Waals surface area contributed by atoms with Crippen LogP contribution in [0.5, 0.6) is 0 Å². The van der Waals surface area contributed by atoms with Crippen molar-refractivity contribution in [3.63, 3.8) is 0 Å². The molecule has 1 fully saturated rings. The highest BCUT2D eigenvalue weighted by molar-refractivity contribution is 5.90. The van der Waals surface area contributed by atoms with Crippen LogP contribution in [0.3, 0.4) is 0 Å². The molecule has 2 aromatic carbocycles. The third-order valence-corrected chi connectivity index (χ3v) is 7.59. The molecule has 5 heteroatoms. The summed E-state index contributed by atoms with van der Waals surface area (Å²) in [5.74, 6) is 1.72. The summed E-state index contributed by atoms with van der Waals surface area (Å²) in [6, 6.07) is 25.6. The molecule has 5 aromatic rings. The van der Waals surface area contributed by atoms with Gasteiger partial charge in [0.1, 0.15) is 5.82 Å². The topological polar surface area (TPSA) is 55.6 Å². The number of nitrogens with zero attached hydrogens (tertiary/aromatic N) is 4. The second-order valence-electron chi connectivity index (χ2n) is 9.74. The van der Waals surface area contributed by atoms with Gasteiger partial charge < -0.3 is 5.32 Å². The molecule has 0 saturated heterocycles. The Hall–Kier alpha value is -4.25. The van der Waals surface area contributed by atoms with E-state index in [1.807, 2.05) is 42.9 Å². The Morgan fingerprint density at radius 1 is 0.829 bits per heavy atom. The van der Waals surface area contributed by atoms with E-state index in [2.05, 4.69) is 75.3 Å². The van der Waals surface area contributed by atoms with Crippen LogP contribution < -0.4 is 5.32 Å². The van der Waals surface area contributed by atoms with Gasteiger partial charge in [-0.1, -0.05) is 49.7 Å². The van der Waals surface area contributed by atoms with Gasteiger partial charge >= 0.3 is 0 Å². The first-order chi connectivity index (χ1) is 17.2. The molecule has 1 N–H and O–H groups in total. The van der Waals surface area contributed by atoms with E-state index < -0.39 is 0 Å². The first kappa shape index (κ1) is 20.2. The predicted molar refractivity (Wildman–Crippen MR) is 140 cm³/mol. The van der Waals surface area contributed by atoms with E-state index in [0.29, 0.717) is 5.41 Å². The van der Waals surface area contributed by atoms with Crippen LogP contribution in [0.15, 0.2) is 91.4 Å². The number of benzene rings is 2. The van der Waals surface area contributed by atoms with Crippen LogP contribution in [0, 0.1) is 0 Å². The van der Waals surface area contributed by atoms with E-state index in [4.69, 9.17) is 4.98 Å². The lowest BCUT2D eigenvalue weighted by Crippen LogP contribution is -2.30. The van der Waals surface area contributed by atoms with E-state index in [-0.39, 0.29) is 0 Å². The van der Waals surface area contributed by atoms with E-state index in [9.17, 15) is 0 Å². The maximum Gasteiger partial charge on any atom is 0.154 e. The van der Waals surface area contributed by atoms with Crippen LogP contribution in [0.1, 0.15) is 31.7 Å². The van der Waals surface area contributed by atoms with Crippen molar-refractivity contribution >= 4 is 11.5 Å². The molecule has 4 heterocycles. The van der Waals surface area contributed by atoms with Crippen LogP contribution in [-0.2, 0) is 5.41 Å². The number of hydrogen-bond acceptors (Lipinski definition) is 4. The van der Waals surface area contributed by atoms with Gasteiger partial charge in [-0.05, 0) is 60.2 Å². The maximum absolute atomic E-state index is 5.26. The number of nitrogens with one attached hydrogen (secondary N) is 1. The zero-order chi connectivity index (χ0) is 23.4. The molecule has 0 amide bonds. The van der Waals surface area contributed by atoms with Crippen LogP contribution in [0.4, 0.5) is 11.5 Å². The monoisotopic (exact) mass is 455 g/mol. The Morgan fingerprint density at radius 3 is 2.40 bits per heavy atom. The lowest BCUT2D eigenvalue weighted by atomic mass is 9.66. The van der Waals surface area contributed by atoms with Crippen molar-refractivity contribution in [3.05, 3.63) is 97.0 Å². The molecule has 0 unspecified atom stereocenters. The van der Waals surface area contributed by atoms with Crippen LogP contribution in [0.25, 0.3) is 39.6 Å². The molecule has 1 aliphatic heterocycles. The minimum absolute atomic E-state index is 0.306. The zero-order valence-corrected chi connectivity index (χ0v) is 19.6. The number of rotatable bonds is 3. The van der Waals surface area contributed by atoms with E-state index in [0.717, 1.165) is 51.1 Å². The van der Waals surface area contributed by atoms with Crippen LogP contribution in [-0.4, -0.2) is 19.5 Å². The van der Waals surface area contributed by atoms with E-state index in [1.165, 1.54) is 24.8 Å². The van der Waals surface area contributed by atoms with Gasteiger partial charge in [-0.15, -0.1) is 0 Å². The summed E-state index contributed by atoms with van der Waals surface area (Å²) in [7, 11) is 0. The van der Waals surface area contributed by atoms with Gasteiger partial charge in [-0.25, -0.2) is 9.97 Å². The van der Waals surface area contributed by atoms with E-state index >= 15 is 0 Å². The first-order valence-electron chi connectivity index (χ1n) is 12.2. The molecule has 35 heavy (non-hydrogen) atoms. The van der Waals surface area contributed by atoms with Crippen molar-refractivity contribution in [1.29, 1.82) is 0 Å². The molecule has 0 spiro atoms. The lowest BCUT2D eigenvalue weighted by molar-refractivity contribution is 0.272. The van der Waals surface area contributed by atoms with Crippen LogP contribution in [0.2, 0.25) is 0 Å². The molecule has 0 bridgehead atoms. The number of anilines is 2. The van der Waals surface area contributed by atoms with Gasteiger partial charge in [-0.3, -0.25) is 9.55 Å². The fourth-order valence-electron chi connectivity index (χ4n) is 5.43. The molecular formula is C30H25N5. The highest BCUT2D eigenvalue weighted by Gasteiger charge is 2.34. The Bertz CT molecular complexity index is 1550. The summed E-state index contributed by atoms with van der Waals surface area (Å²) in [4.78, 5) is 14.2. The Morgan fingerprint density at radius 2 is 1.63 bits per heavy atom. The third-order valence-electron chi connectivity index (χ3n) is 7.59. The summed E-state index contributed by atoms with van der Waals surface area (Å²) in [6.45, 7) is 2.38. The minimum atomic E-state index is 0.306. The molecule has 7 rings (SSSR count). The standard InChI is InChI=1S/C30H25N5/c1-30(15-5-16-30)22-11-9-21(10-12-22)27-26(20-13-18-31-19-14-20)34-29-23-6-2-3-7-24(23)33-28-25(35(27)29)8-4-17-32-28/h2-4,6-14,17-19H,5,15-16H2,1H3,(H,32,33). The smallest absolute Gasteiger partial charge is 0.154 e. The molecule has 0 radical (unpaired) electrons. The summed E-state index contributed by atoms with van der Waals surface area (Å²) in [6.07, 6.45) is 9.32. The molecule has 170 valence electrons. The van der Waals surface area contributed by atoms with Gasteiger partial charge in [0.05, 0.1) is 22.8 Å². The average molecular weight is 456 g/mol. The Balaban J connectivity index is 1.53. The fourth-order valence-corrected chi connectivity index (χ4v) is 5.43. The molecule has 1 aliphatic carbocycles. The van der Waals surface area contributed by atoms with Gasteiger partial charge in [0, 0.05) is 35.3 Å². The van der Waals surface area contributed by atoms with Crippen LogP contribution >= 0.6 is 0 Å². The number of imidazole rings is 1. The summed E-state index contributed by atoms with van der Waals surface area (Å²) in [5, 5.41) is 3.54. The Labute approximate surface area is 204 Å². The zero-order valence-electron chi connectivity index (χ0n) is 19.6. The summed E-state index contributed by atoms with van der Waals surface area (Å²) < 4.78 is 2.26. The number of fused-ring (bicyclic) bond motifs is 5. The number of pyridine rings is 2. The van der Waals surface area contributed by atoms with Crippen molar-refractivity contribution in [2.24, 2.45) is 0 Å². The first-order valence-corrected chi connectivity index (χ1v) is 12.2. The van der Waals surface area contributed by atoms with Gasteiger partial charge in [-0.2, -0.15) is 0 Å². The van der Waals surface area contributed by atoms with Crippen molar-refractivity contribution in [2.75, 3.05) is 5.32 Å². The van der Waals surface area contributed by atoms with Crippen molar-refractivity contribution < 1.29 is 0 Å². The Kier molecular flexibility index (Phi) is 4.40. The summed E-state index contributed by atoms with van der Waals surface area (Å²) >= 11 is 0. The largest absolute Gasteiger partial charge is 0.338 e. The molecular weight excluding hydrogens is 430 g/mol. The maximum atomic E-state index is 5.26. The van der Waals surface area contributed by atoms with Gasteiger partial charge in [0.25, 0.3) is 0 Å². The van der Waals surface area contributed by atoms with Crippen molar-refractivity contribution in [1.82, 2.24) is 19.5 Å². The van der Waals surface area contributed by atoms with E-state index in [1.54, 1.807) is 0 Å². The molecule has 2 aliphatic rings. The normalized spacial score (nSPS) is 15.1. The SMILES string of the molecule is CC1(c2ccc(-c3c(-c4ccncc4)nc4n3-c3cccnc3Nc3ccccc3-4)cc2)CCC1. The number of aromatic nitrogens is 4. The minimum Gasteiger partial charge on any atom is -0.338 e. The highest BCUT2D eigenvalue weighted by atomic mass is 15.2. The van der Waals surface area contributed by atoms with Crippen molar-refractivity contribution in [3.8, 4) is 39.6 Å². The second kappa shape index (κ2) is 7.64. The fraction of sp³-hybridized carbons (Fsp3) is 0.167. The lowest BCUT2D eigenvalue weighted by Gasteiger charge is -2.39. The predicted octanol–water partition coefficient (Wildman–Crippen LogP) is 7.16.